The number of nitrogens with zero attached hydrogens (tertiary/aromatic N) is 3. The van der Waals surface area contributed by atoms with Crippen molar-refractivity contribution < 1.29 is 9.59 Å². The molecule has 0 bridgehead atoms. The van der Waals surface area contributed by atoms with Crippen LogP contribution in [0, 0.1) is 0 Å². The molecule has 0 aromatic heterocycles. The number of carbonyl (C=O) groups excluding carboxylic acids is 2. The number of carbonyl (C=O) groups is 2. The van der Waals surface area contributed by atoms with Crippen LogP contribution in [0.15, 0.2) is 0 Å². The lowest BCUT2D eigenvalue weighted by Gasteiger charge is -2.38. The molecular weight excluding hydrogens is 280 g/mol. The van der Waals surface area contributed by atoms with Gasteiger partial charge in [0.05, 0.1) is 12.1 Å². The van der Waals surface area contributed by atoms with Gasteiger partial charge in [-0.05, 0) is 27.2 Å². The summed E-state index contributed by atoms with van der Waals surface area (Å²) in [5.41, 5.74) is 5.36. The minimum Gasteiger partial charge on any atom is -0.342 e. The predicted molar refractivity (Wildman–Crippen MR) is 88.4 cm³/mol. The maximum absolute atomic E-state index is 12.4. The maximum Gasteiger partial charge on any atom is 0.242 e. The Morgan fingerprint density at radius 1 is 1.09 bits per heavy atom. The van der Waals surface area contributed by atoms with E-state index >= 15 is 0 Å². The lowest BCUT2D eigenvalue weighted by atomic mass is 9.95. The van der Waals surface area contributed by atoms with Crippen molar-refractivity contribution in [1.82, 2.24) is 14.7 Å². The summed E-state index contributed by atoms with van der Waals surface area (Å²) < 4.78 is 0. The van der Waals surface area contributed by atoms with Gasteiger partial charge in [0, 0.05) is 39.3 Å². The van der Waals surface area contributed by atoms with Crippen LogP contribution in [0.3, 0.4) is 0 Å². The van der Waals surface area contributed by atoms with E-state index in [1.165, 1.54) is 0 Å². The summed E-state index contributed by atoms with van der Waals surface area (Å²) in [5.74, 6) is 0.198. The van der Waals surface area contributed by atoms with Gasteiger partial charge < -0.3 is 15.5 Å². The molecule has 1 rings (SSSR count). The Labute approximate surface area is 134 Å². The van der Waals surface area contributed by atoms with Crippen LogP contribution in [0.5, 0.6) is 0 Å². The second kappa shape index (κ2) is 8.48. The molecule has 0 radical (unpaired) electrons. The van der Waals surface area contributed by atoms with E-state index in [2.05, 4.69) is 4.90 Å². The monoisotopic (exact) mass is 312 g/mol. The normalized spacial score (nSPS) is 18.9. The van der Waals surface area contributed by atoms with Crippen LogP contribution in [-0.2, 0) is 9.59 Å². The number of hydrogen-bond acceptors (Lipinski definition) is 4. The lowest BCUT2D eigenvalue weighted by Crippen LogP contribution is -2.58. The third-order valence-electron chi connectivity index (χ3n) is 4.39. The first-order chi connectivity index (χ1) is 10.4. The van der Waals surface area contributed by atoms with Crippen LogP contribution in [-0.4, -0.2) is 77.9 Å². The summed E-state index contributed by atoms with van der Waals surface area (Å²) >= 11 is 0. The van der Waals surface area contributed by atoms with Crippen molar-refractivity contribution in [3.05, 3.63) is 0 Å². The molecule has 6 nitrogen and oxygen atoms in total. The standard InChI is InChI=1S/C16H32N4O2/c1-5-8-16(4,17)15(22)20-11-9-18(10-12-20)13-14(21)19(6-2)7-3/h5-13,17H2,1-4H3. The molecule has 1 atom stereocenters. The summed E-state index contributed by atoms with van der Waals surface area (Å²) in [4.78, 5) is 30.4. The molecule has 0 spiro atoms. The molecular formula is C16H32N4O2. The van der Waals surface area contributed by atoms with E-state index in [1.807, 2.05) is 37.5 Å². The highest BCUT2D eigenvalue weighted by molar-refractivity contribution is 5.85. The highest BCUT2D eigenvalue weighted by atomic mass is 16.2. The zero-order valence-electron chi connectivity index (χ0n) is 14.6. The summed E-state index contributed by atoms with van der Waals surface area (Å²) in [6.45, 7) is 12.6. The molecule has 0 saturated carbocycles. The Morgan fingerprint density at radius 2 is 1.64 bits per heavy atom. The van der Waals surface area contributed by atoms with Gasteiger partial charge in [0.1, 0.15) is 0 Å². The fraction of sp³-hybridized carbons (Fsp3) is 0.875. The van der Waals surface area contributed by atoms with Gasteiger partial charge in [-0.15, -0.1) is 0 Å². The molecule has 1 unspecified atom stereocenters. The van der Waals surface area contributed by atoms with E-state index < -0.39 is 5.54 Å². The number of hydrogen-bond donors (Lipinski definition) is 1. The Hall–Kier alpha value is -1.14. The predicted octanol–water partition coefficient (Wildman–Crippen LogP) is 0.517. The van der Waals surface area contributed by atoms with Crippen molar-refractivity contribution in [2.45, 2.75) is 46.1 Å². The van der Waals surface area contributed by atoms with Gasteiger partial charge in [0.15, 0.2) is 0 Å². The van der Waals surface area contributed by atoms with E-state index in [-0.39, 0.29) is 11.8 Å². The van der Waals surface area contributed by atoms with Crippen molar-refractivity contribution in [3.63, 3.8) is 0 Å². The summed E-state index contributed by atoms with van der Waals surface area (Å²) in [6.07, 6.45) is 1.60. The van der Waals surface area contributed by atoms with Crippen LogP contribution in [0.4, 0.5) is 0 Å². The molecule has 0 aliphatic carbocycles. The molecule has 2 amide bonds. The highest BCUT2D eigenvalue weighted by Gasteiger charge is 2.33. The van der Waals surface area contributed by atoms with Crippen molar-refractivity contribution >= 4 is 11.8 Å². The van der Waals surface area contributed by atoms with E-state index in [0.29, 0.717) is 26.1 Å². The average molecular weight is 312 g/mol. The lowest BCUT2D eigenvalue weighted by molar-refractivity contribution is -0.139. The Kier molecular flexibility index (Phi) is 7.29. The van der Waals surface area contributed by atoms with E-state index in [9.17, 15) is 9.59 Å². The molecule has 128 valence electrons. The molecule has 1 fully saturated rings. The van der Waals surface area contributed by atoms with Crippen LogP contribution >= 0.6 is 0 Å². The second-order valence-corrected chi connectivity index (χ2v) is 6.30. The SMILES string of the molecule is CCCC(C)(N)C(=O)N1CCN(CC(=O)N(CC)CC)CC1. The minimum atomic E-state index is -0.770. The van der Waals surface area contributed by atoms with Crippen molar-refractivity contribution in [2.24, 2.45) is 5.73 Å². The Morgan fingerprint density at radius 3 is 2.09 bits per heavy atom. The van der Waals surface area contributed by atoms with E-state index in [1.54, 1.807) is 0 Å². The zero-order chi connectivity index (χ0) is 16.8. The first-order valence-electron chi connectivity index (χ1n) is 8.44. The number of nitrogens with two attached hydrogens (primary N) is 1. The van der Waals surface area contributed by atoms with E-state index in [0.717, 1.165) is 32.6 Å². The van der Waals surface area contributed by atoms with Gasteiger partial charge >= 0.3 is 0 Å². The molecule has 1 saturated heterocycles. The quantitative estimate of drug-likeness (QED) is 0.744. The van der Waals surface area contributed by atoms with Crippen molar-refractivity contribution in [2.75, 3.05) is 45.8 Å². The van der Waals surface area contributed by atoms with Crippen LogP contribution in [0.2, 0.25) is 0 Å². The molecule has 1 aliphatic heterocycles. The highest BCUT2D eigenvalue weighted by Crippen LogP contribution is 2.14. The third kappa shape index (κ3) is 4.95. The minimum absolute atomic E-state index is 0.0315. The number of amides is 2. The first-order valence-corrected chi connectivity index (χ1v) is 8.44. The topological polar surface area (TPSA) is 69.9 Å². The van der Waals surface area contributed by atoms with Gasteiger partial charge in [-0.1, -0.05) is 13.3 Å². The van der Waals surface area contributed by atoms with Gasteiger partial charge in [-0.2, -0.15) is 0 Å². The smallest absolute Gasteiger partial charge is 0.242 e. The van der Waals surface area contributed by atoms with Crippen LogP contribution < -0.4 is 5.73 Å². The number of likely N-dealkylation sites (N-methyl/N-ethyl adjacent to an activating group) is 1. The fourth-order valence-corrected chi connectivity index (χ4v) is 2.96. The molecule has 2 N–H and O–H groups in total. The third-order valence-corrected chi connectivity index (χ3v) is 4.39. The Balaban J connectivity index is 2.46. The van der Waals surface area contributed by atoms with Gasteiger partial charge in [-0.3, -0.25) is 14.5 Å². The largest absolute Gasteiger partial charge is 0.342 e. The second-order valence-electron chi connectivity index (χ2n) is 6.30. The fourth-order valence-electron chi connectivity index (χ4n) is 2.96. The van der Waals surface area contributed by atoms with Crippen molar-refractivity contribution in [1.29, 1.82) is 0 Å². The van der Waals surface area contributed by atoms with Gasteiger partial charge in [0.2, 0.25) is 11.8 Å². The molecule has 22 heavy (non-hydrogen) atoms. The van der Waals surface area contributed by atoms with Gasteiger partial charge in [0.25, 0.3) is 0 Å². The summed E-state index contributed by atoms with van der Waals surface area (Å²) in [7, 11) is 0. The molecule has 1 aliphatic rings. The first kappa shape index (κ1) is 18.9. The average Bonchev–Trinajstić information content (AvgIpc) is 2.48. The van der Waals surface area contributed by atoms with E-state index in [4.69, 9.17) is 5.73 Å². The molecule has 0 aromatic rings. The summed E-state index contributed by atoms with van der Waals surface area (Å²) in [5, 5.41) is 0. The van der Waals surface area contributed by atoms with Crippen LogP contribution in [0.25, 0.3) is 0 Å². The van der Waals surface area contributed by atoms with Crippen LogP contribution in [0.1, 0.15) is 40.5 Å². The molecule has 1 heterocycles. The van der Waals surface area contributed by atoms with Gasteiger partial charge in [-0.25, -0.2) is 0 Å². The number of rotatable bonds is 7. The maximum atomic E-state index is 12.4. The zero-order valence-corrected chi connectivity index (χ0v) is 14.6. The molecule has 6 heteroatoms. The molecule has 0 aromatic carbocycles. The van der Waals surface area contributed by atoms with Crippen molar-refractivity contribution in [3.8, 4) is 0 Å². The number of piperazine rings is 1. The Bertz CT molecular complexity index is 372. The summed E-state index contributed by atoms with van der Waals surface area (Å²) in [6, 6.07) is 0.